The molecule has 0 spiro atoms. The van der Waals surface area contributed by atoms with Crippen LogP contribution in [-0.4, -0.2) is 65.6 Å². The van der Waals surface area contributed by atoms with Gasteiger partial charge in [0.2, 0.25) is 10.0 Å². The molecule has 160 valence electrons. The molecule has 0 saturated carbocycles. The highest BCUT2D eigenvalue weighted by atomic mass is 32.2. The Balaban J connectivity index is 1.54. The van der Waals surface area contributed by atoms with Crippen molar-refractivity contribution in [3.8, 4) is 0 Å². The average Bonchev–Trinajstić information content (AvgIpc) is 2.70. The van der Waals surface area contributed by atoms with Crippen LogP contribution in [0, 0.1) is 5.92 Å². The van der Waals surface area contributed by atoms with Crippen molar-refractivity contribution in [2.24, 2.45) is 11.1 Å². The quantitative estimate of drug-likeness (QED) is 0.415. The number of likely N-dealkylation sites (tertiary alicyclic amines) is 1. The number of nitrogens with zero attached hydrogens (tertiary/aromatic N) is 3. The fraction of sp³-hybridized carbons (Fsp3) is 0.600. The molecule has 3 rings (SSSR count). The van der Waals surface area contributed by atoms with E-state index in [1.165, 1.54) is 15.5 Å². The van der Waals surface area contributed by atoms with Gasteiger partial charge < -0.3 is 15.2 Å². The number of amides is 1. The summed E-state index contributed by atoms with van der Waals surface area (Å²) < 4.78 is 25.0. The topological polar surface area (TPSA) is 111 Å². The molecule has 29 heavy (non-hydrogen) atoms. The number of hydrogen-bond donors (Lipinski definition) is 2. The summed E-state index contributed by atoms with van der Waals surface area (Å²) in [4.78, 5) is 12.4. The number of rotatable bonds is 6. The van der Waals surface area contributed by atoms with Gasteiger partial charge in [0.1, 0.15) is 0 Å². The predicted octanol–water partition coefficient (Wildman–Crippen LogP) is 2.74. The highest BCUT2D eigenvalue weighted by molar-refractivity contribution is 7.88. The lowest BCUT2D eigenvalue weighted by atomic mass is 9.90. The van der Waals surface area contributed by atoms with Crippen LogP contribution in [0.4, 0.5) is 4.79 Å². The Bertz CT molecular complexity index is 876. The van der Waals surface area contributed by atoms with Crippen molar-refractivity contribution in [1.29, 1.82) is 0 Å². The summed E-state index contributed by atoms with van der Waals surface area (Å²) in [6, 6.07) is 5.83. The van der Waals surface area contributed by atoms with Crippen LogP contribution in [0.25, 0.3) is 0 Å². The molecule has 1 amide bonds. The van der Waals surface area contributed by atoms with Crippen LogP contribution in [-0.2, 0) is 23.0 Å². The van der Waals surface area contributed by atoms with E-state index < -0.39 is 16.1 Å². The maximum absolute atomic E-state index is 11.8. The summed E-state index contributed by atoms with van der Waals surface area (Å²) in [5.41, 5.74) is 3.61. The van der Waals surface area contributed by atoms with Crippen molar-refractivity contribution < 1.29 is 23.5 Å². The molecule has 0 aromatic heterocycles. The van der Waals surface area contributed by atoms with Gasteiger partial charge >= 0.3 is 6.09 Å². The normalized spacial score (nSPS) is 19.2. The van der Waals surface area contributed by atoms with Gasteiger partial charge in [0.15, 0.2) is 0 Å². The Morgan fingerprint density at radius 2 is 1.93 bits per heavy atom. The third-order valence-corrected chi connectivity index (χ3v) is 7.27. The Labute approximate surface area is 171 Å². The fourth-order valence-electron chi connectivity index (χ4n) is 4.21. The zero-order valence-corrected chi connectivity index (χ0v) is 17.6. The summed E-state index contributed by atoms with van der Waals surface area (Å²) in [5.74, 6) is 0.510. The first-order valence-electron chi connectivity index (χ1n) is 10.0. The average molecular weight is 424 g/mol. The molecule has 2 N–H and O–H groups in total. The first kappa shape index (κ1) is 21.6. The third kappa shape index (κ3) is 5.48. The van der Waals surface area contributed by atoms with E-state index in [9.17, 15) is 18.4 Å². The molecule has 9 heteroatoms. The van der Waals surface area contributed by atoms with E-state index in [0.29, 0.717) is 50.7 Å². The van der Waals surface area contributed by atoms with E-state index in [0.717, 1.165) is 42.4 Å². The highest BCUT2D eigenvalue weighted by Crippen LogP contribution is 2.25. The maximum atomic E-state index is 11.8. The van der Waals surface area contributed by atoms with Crippen LogP contribution >= 0.6 is 0 Å². The van der Waals surface area contributed by atoms with E-state index in [4.69, 9.17) is 5.11 Å². The molecule has 0 bridgehead atoms. The summed E-state index contributed by atoms with van der Waals surface area (Å²) in [5, 5.41) is 22.0. The molecule has 1 aromatic carbocycles. The zero-order chi connectivity index (χ0) is 21.0. The molecule has 2 heterocycles. The van der Waals surface area contributed by atoms with Gasteiger partial charge in [0.25, 0.3) is 0 Å². The van der Waals surface area contributed by atoms with Crippen molar-refractivity contribution >= 4 is 21.8 Å². The van der Waals surface area contributed by atoms with Gasteiger partial charge in [-0.3, -0.25) is 0 Å². The van der Waals surface area contributed by atoms with Crippen molar-refractivity contribution in [2.75, 3.05) is 25.9 Å². The minimum absolute atomic E-state index is 0.384. The molecular formula is C20H29N3O5S. The van der Waals surface area contributed by atoms with Crippen LogP contribution in [0.2, 0.25) is 0 Å². The monoisotopic (exact) mass is 423 g/mol. The second-order valence-electron chi connectivity index (χ2n) is 7.98. The molecule has 0 aliphatic carbocycles. The molecule has 1 aromatic rings. The Hall–Kier alpha value is -2.13. The van der Waals surface area contributed by atoms with Gasteiger partial charge in [-0.15, -0.1) is 0 Å². The number of piperidine rings is 1. The smallest absolute Gasteiger partial charge is 0.407 e. The van der Waals surface area contributed by atoms with Gasteiger partial charge in [-0.05, 0) is 67.2 Å². The number of hydrogen-bond acceptors (Lipinski definition) is 5. The number of carboxylic acid groups (broad SMARTS) is 1. The SMILES string of the molecule is CS(=O)(=O)N1CCc2cc(/C(CCCC3CCN(C(=O)O)CC3)=N/O)ccc2C1. The van der Waals surface area contributed by atoms with Gasteiger partial charge in [0.05, 0.1) is 12.0 Å². The second kappa shape index (κ2) is 9.13. The maximum Gasteiger partial charge on any atom is 0.407 e. The number of sulfonamides is 1. The first-order valence-corrected chi connectivity index (χ1v) is 11.9. The van der Waals surface area contributed by atoms with Crippen LogP contribution in [0.3, 0.4) is 0 Å². The van der Waals surface area contributed by atoms with E-state index in [2.05, 4.69) is 5.16 Å². The van der Waals surface area contributed by atoms with Crippen LogP contribution in [0.5, 0.6) is 0 Å². The molecule has 8 nitrogen and oxygen atoms in total. The molecule has 1 saturated heterocycles. The number of fused-ring (bicyclic) bond motifs is 1. The van der Waals surface area contributed by atoms with Gasteiger partial charge in [-0.1, -0.05) is 17.3 Å². The molecule has 2 aliphatic rings. The lowest BCUT2D eigenvalue weighted by Gasteiger charge is -2.30. The minimum atomic E-state index is -3.20. The molecule has 0 atom stereocenters. The van der Waals surface area contributed by atoms with E-state index in [1.54, 1.807) is 0 Å². The van der Waals surface area contributed by atoms with Crippen molar-refractivity contribution in [2.45, 2.75) is 45.1 Å². The zero-order valence-electron chi connectivity index (χ0n) is 16.7. The number of oxime groups is 1. The lowest BCUT2D eigenvalue weighted by Crippen LogP contribution is -2.37. The summed E-state index contributed by atoms with van der Waals surface area (Å²) >= 11 is 0. The van der Waals surface area contributed by atoms with E-state index >= 15 is 0 Å². The van der Waals surface area contributed by atoms with Crippen molar-refractivity contribution in [3.05, 3.63) is 34.9 Å². The molecule has 2 aliphatic heterocycles. The summed E-state index contributed by atoms with van der Waals surface area (Å²) in [6.07, 6.45) is 5.33. The van der Waals surface area contributed by atoms with Gasteiger partial charge in [-0.2, -0.15) is 4.31 Å². The molecule has 0 radical (unpaired) electrons. The van der Waals surface area contributed by atoms with Crippen LogP contribution in [0.15, 0.2) is 23.4 Å². The fourth-order valence-corrected chi connectivity index (χ4v) is 5.01. The first-order chi connectivity index (χ1) is 13.8. The number of carbonyl (C=O) groups is 1. The second-order valence-corrected chi connectivity index (χ2v) is 9.96. The summed E-state index contributed by atoms with van der Waals surface area (Å²) in [6.45, 7) is 2.04. The Kier molecular flexibility index (Phi) is 6.79. The molecule has 1 fully saturated rings. The summed E-state index contributed by atoms with van der Waals surface area (Å²) in [7, 11) is -3.20. The van der Waals surface area contributed by atoms with Crippen molar-refractivity contribution in [3.63, 3.8) is 0 Å². The highest BCUT2D eigenvalue weighted by Gasteiger charge is 2.24. The van der Waals surface area contributed by atoms with Gasteiger partial charge in [0, 0.05) is 26.2 Å². The standard InChI is InChI=1S/C20H29N3O5S/c1-29(27,28)23-12-9-16-13-17(5-6-18(16)14-23)19(21-26)4-2-3-15-7-10-22(11-8-15)20(24)25/h5-6,13,15,26H,2-4,7-12,14H2,1H3,(H,24,25)/b21-19+. The Morgan fingerprint density at radius 3 is 2.55 bits per heavy atom. The third-order valence-electron chi connectivity index (χ3n) is 6.02. The molecule has 0 unspecified atom stereocenters. The molecular weight excluding hydrogens is 394 g/mol. The minimum Gasteiger partial charge on any atom is -0.465 e. The van der Waals surface area contributed by atoms with E-state index in [-0.39, 0.29) is 0 Å². The van der Waals surface area contributed by atoms with Crippen molar-refractivity contribution in [1.82, 2.24) is 9.21 Å². The Morgan fingerprint density at radius 1 is 1.21 bits per heavy atom. The predicted molar refractivity (Wildman–Crippen MR) is 110 cm³/mol. The largest absolute Gasteiger partial charge is 0.465 e. The lowest BCUT2D eigenvalue weighted by molar-refractivity contribution is 0.123. The van der Waals surface area contributed by atoms with Crippen LogP contribution < -0.4 is 0 Å². The van der Waals surface area contributed by atoms with E-state index in [1.807, 2.05) is 18.2 Å². The van der Waals surface area contributed by atoms with Crippen LogP contribution in [0.1, 0.15) is 48.8 Å². The van der Waals surface area contributed by atoms with Gasteiger partial charge in [-0.25, -0.2) is 13.2 Å². The number of benzene rings is 1.